The van der Waals surface area contributed by atoms with Gasteiger partial charge in [0, 0.05) is 26.8 Å². The number of hydrogen-bond acceptors (Lipinski definition) is 3. The van der Waals surface area contributed by atoms with Gasteiger partial charge in [-0.1, -0.05) is 31.4 Å². The summed E-state index contributed by atoms with van der Waals surface area (Å²) in [5, 5.41) is 12.5. The number of aromatic carboxylic acids is 1. The molecule has 122 valence electrons. The third kappa shape index (κ3) is 4.82. The van der Waals surface area contributed by atoms with Crippen molar-refractivity contribution in [1.29, 1.82) is 0 Å². The van der Waals surface area contributed by atoms with Crippen LogP contribution in [0.3, 0.4) is 0 Å². The van der Waals surface area contributed by atoms with Crippen molar-refractivity contribution in [3.05, 3.63) is 35.4 Å². The Morgan fingerprint density at radius 1 is 1.23 bits per heavy atom. The van der Waals surface area contributed by atoms with E-state index in [1.165, 1.54) is 32.1 Å². The lowest BCUT2D eigenvalue weighted by atomic mass is 9.72. The largest absolute Gasteiger partial charge is 0.478 e. The molecule has 0 bridgehead atoms. The fourth-order valence-electron chi connectivity index (χ4n) is 3.37. The summed E-state index contributed by atoms with van der Waals surface area (Å²) in [6, 6.07) is 7.11. The van der Waals surface area contributed by atoms with Gasteiger partial charge in [-0.15, -0.1) is 0 Å². The second-order valence-electron chi connectivity index (χ2n) is 6.41. The second-order valence-corrected chi connectivity index (χ2v) is 6.41. The van der Waals surface area contributed by atoms with E-state index in [-0.39, 0.29) is 0 Å². The van der Waals surface area contributed by atoms with Crippen LogP contribution in [-0.4, -0.2) is 31.3 Å². The molecule has 4 nitrogen and oxygen atoms in total. The first-order valence-corrected chi connectivity index (χ1v) is 8.17. The number of nitrogens with one attached hydrogen (secondary N) is 1. The maximum atomic E-state index is 10.8. The third-order valence-corrected chi connectivity index (χ3v) is 4.78. The standard InChI is InChI=1S/C18H27NO3/c1-22-12-11-18(9-3-2-4-10-18)14-19-13-15-5-7-16(8-6-15)17(20)21/h5-8,19H,2-4,9-14H2,1H3,(H,20,21). The summed E-state index contributed by atoms with van der Waals surface area (Å²) in [6.07, 6.45) is 7.67. The highest BCUT2D eigenvalue weighted by molar-refractivity contribution is 5.87. The minimum atomic E-state index is -0.875. The molecule has 0 aliphatic heterocycles. The van der Waals surface area contributed by atoms with E-state index in [4.69, 9.17) is 9.84 Å². The molecule has 1 aromatic rings. The molecule has 0 amide bonds. The van der Waals surface area contributed by atoms with E-state index >= 15 is 0 Å². The molecule has 0 spiro atoms. The molecule has 0 heterocycles. The molecule has 0 radical (unpaired) electrons. The molecule has 1 aliphatic carbocycles. The zero-order chi connectivity index (χ0) is 15.8. The maximum absolute atomic E-state index is 10.8. The quantitative estimate of drug-likeness (QED) is 0.772. The molecule has 1 saturated carbocycles. The van der Waals surface area contributed by atoms with E-state index in [1.807, 2.05) is 12.1 Å². The van der Waals surface area contributed by atoms with E-state index in [0.717, 1.165) is 31.7 Å². The molecular formula is C18H27NO3. The fraction of sp³-hybridized carbons (Fsp3) is 0.611. The van der Waals surface area contributed by atoms with E-state index in [9.17, 15) is 4.79 Å². The average Bonchev–Trinajstić information content (AvgIpc) is 2.54. The first-order chi connectivity index (χ1) is 10.7. The Kier molecular flexibility index (Phi) is 6.40. The van der Waals surface area contributed by atoms with Crippen LogP contribution >= 0.6 is 0 Å². The van der Waals surface area contributed by atoms with E-state index in [1.54, 1.807) is 19.2 Å². The molecule has 2 N–H and O–H groups in total. The topological polar surface area (TPSA) is 58.6 Å². The Hall–Kier alpha value is -1.39. The summed E-state index contributed by atoms with van der Waals surface area (Å²) in [5.74, 6) is -0.875. The number of hydrogen-bond donors (Lipinski definition) is 2. The van der Waals surface area contributed by atoms with Gasteiger partial charge in [-0.3, -0.25) is 0 Å². The van der Waals surface area contributed by atoms with Crippen LogP contribution in [0.4, 0.5) is 0 Å². The monoisotopic (exact) mass is 305 g/mol. The molecule has 4 heteroatoms. The van der Waals surface area contributed by atoms with Gasteiger partial charge < -0.3 is 15.2 Å². The maximum Gasteiger partial charge on any atom is 0.335 e. The van der Waals surface area contributed by atoms with Crippen LogP contribution in [0.25, 0.3) is 0 Å². The molecule has 1 aromatic carbocycles. The highest BCUT2D eigenvalue weighted by Gasteiger charge is 2.31. The normalized spacial score (nSPS) is 17.3. The van der Waals surface area contributed by atoms with Crippen LogP contribution in [0.15, 0.2) is 24.3 Å². The number of benzene rings is 1. The van der Waals surface area contributed by atoms with Crippen LogP contribution in [0.2, 0.25) is 0 Å². The third-order valence-electron chi connectivity index (χ3n) is 4.78. The first-order valence-electron chi connectivity index (χ1n) is 8.17. The van der Waals surface area contributed by atoms with Gasteiger partial charge >= 0.3 is 5.97 Å². The molecule has 0 aromatic heterocycles. The first kappa shape index (κ1) is 17.0. The number of ether oxygens (including phenoxy) is 1. The Balaban J connectivity index is 1.85. The van der Waals surface area contributed by atoms with Gasteiger partial charge in [-0.2, -0.15) is 0 Å². The lowest BCUT2D eigenvalue weighted by molar-refractivity contribution is 0.0697. The SMILES string of the molecule is COCCC1(CNCc2ccc(C(=O)O)cc2)CCCCC1. The van der Waals surface area contributed by atoms with Gasteiger partial charge in [0.25, 0.3) is 0 Å². The highest BCUT2D eigenvalue weighted by Crippen LogP contribution is 2.38. The smallest absolute Gasteiger partial charge is 0.335 e. The molecule has 0 atom stereocenters. The van der Waals surface area contributed by atoms with Crippen molar-refractivity contribution in [2.75, 3.05) is 20.3 Å². The van der Waals surface area contributed by atoms with Gasteiger partial charge in [0.05, 0.1) is 5.56 Å². The van der Waals surface area contributed by atoms with Crippen LogP contribution in [-0.2, 0) is 11.3 Å². The van der Waals surface area contributed by atoms with Crippen LogP contribution < -0.4 is 5.32 Å². The molecule has 0 saturated heterocycles. The minimum absolute atomic E-state index is 0.340. The number of methoxy groups -OCH3 is 1. The Morgan fingerprint density at radius 3 is 2.50 bits per heavy atom. The highest BCUT2D eigenvalue weighted by atomic mass is 16.5. The zero-order valence-electron chi connectivity index (χ0n) is 13.4. The molecule has 0 unspecified atom stereocenters. The van der Waals surface area contributed by atoms with Crippen molar-refractivity contribution in [2.45, 2.75) is 45.1 Å². The van der Waals surface area contributed by atoms with Crippen LogP contribution in [0.5, 0.6) is 0 Å². The summed E-state index contributed by atoms with van der Waals surface area (Å²) in [6.45, 7) is 2.63. The lowest BCUT2D eigenvalue weighted by Crippen LogP contribution is -2.36. The van der Waals surface area contributed by atoms with Gasteiger partial charge in [0.1, 0.15) is 0 Å². The van der Waals surface area contributed by atoms with Crippen molar-refractivity contribution in [2.24, 2.45) is 5.41 Å². The van der Waals surface area contributed by atoms with Crippen molar-refractivity contribution in [3.8, 4) is 0 Å². The molecule has 1 fully saturated rings. The van der Waals surface area contributed by atoms with Gasteiger partial charge in [-0.05, 0) is 42.4 Å². The Labute approximate surface area is 132 Å². The van der Waals surface area contributed by atoms with Crippen molar-refractivity contribution in [1.82, 2.24) is 5.32 Å². The Bertz CT molecular complexity index is 464. The lowest BCUT2D eigenvalue weighted by Gasteiger charge is -2.37. The predicted octanol–water partition coefficient (Wildman–Crippen LogP) is 3.46. The molecule has 1 aliphatic rings. The number of carboxylic acid groups (broad SMARTS) is 1. The van der Waals surface area contributed by atoms with E-state index < -0.39 is 5.97 Å². The number of carbonyl (C=O) groups is 1. The number of carboxylic acids is 1. The summed E-state index contributed by atoms with van der Waals surface area (Å²) >= 11 is 0. The van der Waals surface area contributed by atoms with Gasteiger partial charge in [-0.25, -0.2) is 4.79 Å². The summed E-state index contributed by atoms with van der Waals surface area (Å²) < 4.78 is 5.29. The van der Waals surface area contributed by atoms with E-state index in [0.29, 0.717) is 11.0 Å². The van der Waals surface area contributed by atoms with Crippen LogP contribution in [0, 0.1) is 5.41 Å². The van der Waals surface area contributed by atoms with Crippen LogP contribution in [0.1, 0.15) is 54.4 Å². The van der Waals surface area contributed by atoms with Gasteiger partial charge in [0.2, 0.25) is 0 Å². The Morgan fingerprint density at radius 2 is 1.91 bits per heavy atom. The summed E-state index contributed by atoms with van der Waals surface area (Å²) in [7, 11) is 1.77. The zero-order valence-corrected chi connectivity index (χ0v) is 13.4. The van der Waals surface area contributed by atoms with Crippen molar-refractivity contribution >= 4 is 5.97 Å². The summed E-state index contributed by atoms with van der Waals surface area (Å²) in [4.78, 5) is 10.8. The summed E-state index contributed by atoms with van der Waals surface area (Å²) in [5.41, 5.74) is 1.84. The molecule has 2 rings (SSSR count). The fourth-order valence-corrected chi connectivity index (χ4v) is 3.37. The number of rotatable bonds is 8. The second kappa shape index (κ2) is 8.30. The van der Waals surface area contributed by atoms with Crippen molar-refractivity contribution < 1.29 is 14.6 Å². The molecular weight excluding hydrogens is 278 g/mol. The van der Waals surface area contributed by atoms with Crippen molar-refractivity contribution in [3.63, 3.8) is 0 Å². The minimum Gasteiger partial charge on any atom is -0.478 e. The van der Waals surface area contributed by atoms with Gasteiger partial charge in [0.15, 0.2) is 0 Å². The molecule has 22 heavy (non-hydrogen) atoms. The predicted molar refractivity (Wildman–Crippen MR) is 87.1 cm³/mol. The average molecular weight is 305 g/mol. The van der Waals surface area contributed by atoms with E-state index in [2.05, 4.69) is 5.32 Å².